The summed E-state index contributed by atoms with van der Waals surface area (Å²) in [5.41, 5.74) is 0.372. The van der Waals surface area contributed by atoms with Gasteiger partial charge in [-0.05, 0) is 38.6 Å². The summed E-state index contributed by atoms with van der Waals surface area (Å²) in [4.78, 5) is 0. The molecule has 3 heteroatoms. The van der Waals surface area contributed by atoms with Crippen LogP contribution in [0.3, 0.4) is 0 Å². The Morgan fingerprint density at radius 2 is 1.53 bits per heavy atom. The second-order valence-corrected chi connectivity index (χ2v) is 6.00. The molecule has 1 spiro atoms. The van der Waals surface area contributed by atoms with Crippen LogP contribution in [0.4, 0.5) is 0 Å². The molecule has 0 aromatic carbocycles. The number of nitrogens with one attached hydrogen (secondary N) is 1. The molecule has 0 bridgehead atoms. The fraction of sp³-hybridized carbons (Fsp3) is 1.00. The van der Waals surface area contributed by atoms with Crippen LogP contribution in [0.5, 0.6) is 0 Å². The maximum Gasteiger partial charge on any atom is 0.168 e. The highest BCUT2D eigenvalue weighted by Crippen LogP contribution is 2.47. The van der Waals surface area contributed by atoms with Gasteiger partial charge in [0.25, 0.3) is 0 Å². The first-order valence-corrected chi connectivity index (χ1v) is 7.25. The number of hydrogen-bond acceptors (Lipinski definition) is 3. The summed E-state index contributed by atoms with van der Waals surface area (Å²) < 4.78 is 11.7. The third kappa shape index (κ3) is 2.02. The molecule has 17 heavy (non-hydrogen) atoms. The van der Waals surface area contributed by atoms with Gasteiger partial charge in [0.1, 0.15) is 0 Å². The van der Waals surface area contributed by atoms with Crippen molar-refractivity contribution in [1.82, 2.24) is 5.32 Å². The Hall–Kier alpha value is -0.120. The molecule has 2 saturated carbocycles. The Morgan fingerprint density at radius 1 is 0.941 bits per heavy atom. The fourth-order valence-electron chi connectivity index (χ4n) is 4.20. The predicted molar refractivity (Wildman–Crippen MR) is 66.9 cm³/mol. The average molecular weight is 239 g/mol. The highest BCUT2D eigenvalue weighted by molar-refractivity contribution is 5.01. The van der Waals surface area contributed by atoms with Gasteiger partial charge in [0.15, 0.2) is 5.79 Å². The summed E-state index contributed by atoms with van der Waals surface area (Å²) >= 11 is 0. The standard InChI is InChI=1S/C14H25NO2/c1-15-13(12-4-2-3-5-12)6-8-14(9-7-13)16-10-11-17-14/h12,15H,2-11H2,1H3. The van der Waals surface area contributed by atoms with Gasteiger partial charge in [-0.3, -0.25) is 0 Å². The molecule has 3 fully saturated rings. The topological polar surface area (TPSA) is 30.5 Å². The zero-order valence-electron chi connectivity index (χ0n) is 11.0. The predicted octanol–water partition coefficient (Wildman–Crippen LogP) is 2.45. The fourth-order valence-corrected chi connectivity index (χ4v) is 4.20. The van der Waals surface area contributed by atoms with E-state index in [1.54, 1.807) is 0 Å². The van der Waals surface area contributed by atoms with Gasteiger partial charge >= 0.3 is 0 Å². The van der Waals surface area contributed by atoms with E-state index in [2.05, 4.69) is 12.4 Å². The van der Waals surface area contributed by atoms with Gasteiger partial charge in [-0.1, -0.05) is 12.8 Å². The molecule has 0 unspecified atom stereocenters. The van der Waals surface area contributed by atoms with E-state index < -0.39 is 0 Å². The van der Waals surface area contributed by atoms with Gasteiger partial charge < -0.3 is 14.8 Å². The van der Waals surface area contributed by atoms with Crippen LogP contribution in [0.1, 0.15) is 51.4 Å². The third-order valence-corrected chi connectivity index (χ3v) is 5.35. The van der Waals surface area contributed by atoms with E-state index in [9.17, 15) is 0 Å². The monoisotopic (exact) mass is 239 g/mol. The minimum atomic E-state index is -0.209. The molecule has 0 atom stereocenters. The van der Waals surface area contributed by atoms with Crippen molar-refractivity contribution in [2.45, 2.75) is 62.7 Å². The Bertz CT molecular complexity index is 257. The van der Waals surface area contributed by atoms with Gasteiger partial charge in [0.05, 0.1) is 13.2 Å². The van der Waals surface area contributed by atoms with Crippen LogP contribution in [-0.4, -0.2) is 31.6 Å². The Balaban J connectivity index is 1.68. The molecule has 1 N–H and O–H groups in total. The average Bonchev–Trinajstić information content (AvgIpc) is 3.03. The number of rotatable bonds is 2. The lowest BCUT2D eigenvalue weighted by molar-refractivity contribution is -0.189. The van der Waals surface area contributed by atoms with Gasteiger partial charge in [0, 0.05) is 18.4 Å². The number of hydrogen-bond donors (Lipinski definition) is 1. The van der Waals surface area contributed by atoms with Crippen LogP contribution >= 0.6 is 0 Å². The molecule has 3 rings (SSSR count). The van der Waals surface area contributed by atoms with E-state index in [-0.39, 0.29) is 5.79 Å². The lowest BCUT2D eigenvalue weighted by atomic mass is 9.70. The molecule has 0 aromatic heterocycles. The minimum Gasteiger partial charge on any atom is -0.348 e. The third-order valence-electron chi connectivity index (χ3n) is 5.35. The second-order valence-electron chi connectivity index (χ2n) is 6.00. The maximum atomic E-state index is 5.83. The highest BCUT2D eigenvalue weighted by Gasteiger charge is 2.48. The molecule has 2 aliphatic carbocycles. The minimum absolute atomic E-state index is 0.209. The van der Waals surface area contributed by atoms with Crippen molar-refractivity contribution in [3.05, 3.63) is 0 Å². The molecule has 98 valence electrons. The van der Waals surface area contributed by atoms with Crippen molar-refractivity contribution in [2.75, 3.05) is 20.3 Å². The van der Waals surface area contributed by atoms with Crippen LogP contribution in [0.25, 0.3) is 0 Å². The van der Waals surface area contributed by atoms with E-state index in [1.807, 2.05) is 0 Å². The SMILES string of the molecule is CNC1(C2CCCC2)CCC2(CC1)OCCO2. The van der Waals surface area contributed by atoms with E-state index in [1.165, 1.54) is 38.5 Å². The second kappa shape index (κ2) is 4.52. The molecule has 1 saturated heterocycles. The summed E-state index contributed by atoms with van der Waals surface area (Å²) in [6.45, 7) is 1.58. The first-order valence-electron chi connectivity index (χ1n) is 7.25. The Morgan fingerprint density at radius 3 is 2.06 bits per heavy atom. The van der Waals surface area contributed by atoms with Gasteiger partial charge in [-0.2, -0.15) is 0 Å². The molecule has 3 nitrogen and oxygen atoms in total. The van der Waals surface area contributed by atoms with Gasteiger partial charge in [0.2, 0.25) is 0 Å². The van der Waals surface area contributed by atoms with Crippen LogP contribution in [-0.2, 0) is 9.47 Å². The van der Waals surface area contributed by atoms with Crippen molar-refractivity contribution in [3.8, 4) is 0 Å². The van der Waals surface area contributed by atoms with Gasteiger partial charge in [-0.15, -0.1) is 0 Å². The summed E-state index contributed by atoms with van der Waals surface area (Å²) in [6.07, 6.45) is 10.3. The molecular weight excluding hydrogens is 214 g/mol. The maximum absolute atomic E-state index is 5.83. The molecule has 0 amide bonds. The van der Waals surface area contributed by atoms with Crippen molar-refractivity contribution < 1.29 is 9.47 Å². The molecule has 0 aromatic rings. The van der Waals surface area contributed by atoms with Crippen molar-refractivity contribution >= 4 is 0 Å². The zero-order valence-corrected chi connectivity index (χ0v) is 11.0. The van der Waals surface area contributed by atoms with E-state index in [0.717, 1.165) is 32.0 Å². The van der Waals surface area contributed by atoms with Crippen molar-refractivity contribution in [1.29, 1.82) is 0 Å². The first kappa shape index (κ1) is 11.9. The van der Waals surface area contributed by atoms with Crippen LogP contribution in [0.15, 0.2) is 0 Å². The Labute approximate surface area is 104 Å². The van der Waals surface area contributed by atoms with Crippen LogP contribution < -0.4 is 5.32 Å². The summed E-state index contributed by atoms with van der Waals surface area (Å²) in [7, 11) is 2.15. The molecule has 0 radical (unpaired) electrons. The van der Waals surface area contributed by atoms with Crippen molar-refractivity contribution in [2.24, 2.45) is 5.92 Å². The van der Waals surface area contributed by atoms with Gasteiger partial charge in [-0.25, -0.2) is 0 Å². The summed E-state index contributed by atoms with van der Waals surface area (Å²) in [5, 5.41) is 3.65. The van der Waals surface area contributed by atoms with E-state index in [4.69, 9.17) is 9.47 Å². The molecule has 1 heterocycles. The summed E-state index contributed by atoms with van der Waals surface area (Å²) in [6, 6.07) is 0. The molecular formula is C14H25NO2. The molecule has 3 aliphatic rings. The normalized spacial score (nSPS) is 32.3. The number of ether oxygens (including phenoxy) is 2. The van der Waals surface area contributed by atoms with Crippen molar-refractivity contribution in [3.63, 3.8) is 0 Å². The molecule has 1 aliphatic heterocycles. The lowest BCUT2D eigenvalue weighted by Crippen LogP contribution is -2.54. The first-order chi connectivity index (χ1) is 8.29. The van der Waals surface area contributed by atoms with Crippen LogP contribution in [0.2, 0.25) is 0 Å². The highest BCUT2D eigenvalue weighted by atomic mass is 16.7. The largest absolute Gasteiger partial charge is 0.348 e. The smallest absolute Gasteiger partial charge is 0.168 e. The van der Waals surface area contributed by atoms with Crippen LogP contribution in [0, 0.1) is 5.92 Å². The Kier molecular flexibility index (Phi) is 3.18. The zero-order chi connectivity index (χ0) is 11.8. The quantitative estimate of drug-likeness (QED) is 0.803. The van der Waals surface area contributed by atoms with E-state index in [0.29, 0.717) is 5.54 Å². The lowest BCUT2D eigenvalue weighted by Gasteiger charge is -2.47. The summed E-state index contributed by atoms with van der Waals surface area (Å²) in [5.74, 6) is 0.671. The van der Waals surface area contributed by atoms with E-state index >= 15 is 0 Å².